The number of amides is 1. The highest BCUT2D eigenvalue weighted by atomic mass is 32.2. The maximum Gasteiger partial charge on any atom is 0.255 e. The van der Waals surface area contributed by atoms with Crippen molar-refractivity contribution in [3.8, 4) is 5.75 Å². The summed E-state index contributed by atoms with van der Waals surface area (Å²) in [5.41, 5.74) is 2.18. The largest absolute Gasteiger partial charge is 0.496 e. The van der Waals surface area contributed by atoms with Gasteiger partial charge in [-0.15, -0.1) is 0 Å². The Hall–Kier alpha value is -2.62. The third-order valence-corrected chi connectivity index (χ3v) is 6.73. The van der Waals surface area contributed by atoms with E-state index in [1.54, 1.807) is 6.92 Å². The zero-order valence-corrected chi connectivity index (χ0v) is 19.0. The summed E-state index contributed by atoms with van der Waals surface area (Å²) in [5, 5.41) is 2.67. The van der Waals surface area contributed by atoms with Gasteiger partial charge in [0.05, 0.1) is 17.6 Å². The number of ether oxygens (including phenoxy) is 1. The molecule has 0 saturated carbocycles. The topological polar surface area (TPSA) is 91.0 Å². The molecule has 0 aromatic heterocycles. The smallest absolute Gasteiger partial charge is 0.255 e. The van der Waals surface area contributed by atoms with Gasteiger partial charge < -0.3 is 19.9 Å². The van der Waals surface area contributed by atoms with Crippen molar-refractivity contribution in [1.82, 2.24) is 14.9 Å². The number of methoxy groups -OCH3 is 1. The zero-order valence-electron chi connectivity index (χ0n) is 18.2. The maximum atomic E-state index is 12.8. The fourth-order valence-electron chi connectivity index (χ4n) is 3.44. The Morgan fingerprint density at radius 1 is 1.06 bits per heavy atom. The van der Waals surface area contributed by atoms with E-state index in [0.717, 1.165) is 37.4 Å². The second-order valence-corrected chi connectivity index (χ2v) is 9.27. The molecule has 2 aromatic carbocycles. The Bertz CT molecular complexity index is 1000. The fourth-order valence-corrected chi connectivity index (χ4v) is 4.48. The summed E-state index contributed by atoms with van der Waals surface area (Å²) in [6, 6.07) is 12.2. The number of sulfonamides is 1. The molecule has 1 amide bonds. The second kappa shape index (κ2) is 10.1. The molecule has 0 unspecified atom stereocenters. The van der Waals surface area contributed by atoms with Crippen LogP contribution in [-0.4, -0.2) is 66.1 Å². The normalized spacial score (nSPS) is 15.0. The molecule has 2 aromatic rings. The standard InChI is InChI=1S/C22H30N4O4S/c1-4-23-22(27)20-15-19(9-10-21(20)30-3)31(28,29)24-16-17-5-7-18(8-6-17)26-13-11-25(2)12-14-26/h5-10,15,24H,4,11-14,16H2,1-3H3,(H,23,27). The van der Waals surface area contributed by atoms with Gasteiger partial charge in [0.15, 0.2) is 0 Å². The van der Waals surface area contributed by atoms with Crippen molar-refractivity contribution >= 4 is 21.6 Å². The molecule has 31 heavy (non-hydrogen) atoms. The molecule has 0 spiro atoms. The predicted molar refractivity (Wildman–Crippen MR) is 121 cm³/mol. The van der Waals surface area contributed by atoms with E-state index < -0.39 is 10.0 Å². The van der Waals surface area contributed by atoms with Crippen LogP contribution in [0.3, 0.4) is 0 Å². The van der Waals surface area contributed by atoms with E-state index in [1.165, 1.54) is 25.3 Å². The summed E-state index contributed by atoms with van der Waals surface area (Å²) in [4.78, 5) is 16.9. The molecule has 2 N–H and O–H groups in total. The van der Waals surface area contributed by atoms with Crippen molar-refractivity contribution < 1.29 is 17.9 Å². The van der Waals surface area contributed by atoms with Gasteiger partial charge in [0.1, 0.15) is 5.75 Å². The summed E-state index contributed by atoms with van der Waals surface area (Å²) in [6.45, 7) is 6.40. The third kappa shape index (κ3) is 5.75. The number of carbonyl (C=O) groups excluding carboxylic acids is 1. The number of hydrogen-bond acceptors (Lipinski definition) is 6. The van der Waals surface area contributed by atoms with E-state index in [2.05, 4.69) is 26.9 Å². The number of likely N-dealkylation sites (N-methyl/N-ethyl adjacent to an activating group) is 1. The van der Waals surface area contributed by atoms with Gasteiger partial charge in [0.2, 0.25) is 10.0 Å². The van der Waals surface area contributed by atoms with E-state index >= 15 is 0 Å². The average Bonchev–Trinajstić information content (AvgIpc) is 2.78. The monoisotopic (exact) mass is 446 g/mol. The van der Waals surface area contributed by atoms with Gasteiger partial charge in [-0.25, -0.2) is 13.1 Å². The van der Waals surface area contributed by atoms with Crippen molar-refractivity contribution in [2.45, 2.75) is 18.4 Å². The lowest BCUT2D eigenvalue weighted by molar-refractivity contribution is 0.0952. The Labute approximate surface area is 184 Å². The van der Waals surface area contributed by atoms with Gasteiger partial charge in [-0.3, -0.25) is 4.79 Å². The number of carbonyl (C=O) groups is 1. The highest BCUT2D eigenvalue weighted by Crippen LogP contribution is 2.23. The van der Waals surface area contributed by atoms with Gasteiger partial charge in [-0.1, -0.05) is 12.1 Å². The highest BCUT2D eigenvalue weighted by Gasteiger charge is 2.20. The van der Waals surface area contributed by atoms with Crippen LogP contribution in [0.25, 0.3) is 0 Å². The molecule has 1 saturated heterocycles. The maximum absolute atomic E-state index is 12.8. The molecule has 0 radical (unpaired) electrons. The lowest BCUT2D eigenvalue weighted by Gasteiger charge is -2.34. The number of benzene rings is 2. The van der Waals surface area contributed by atoms with Crippen molar-refractivity contribution in [2.24, 2.45) is 0 Å². The van der Waals surface area contributed by atoms with Crippen LogP contribution in [-0.2, 0) is 16.6 Å². The minimum absolute atomic E-state index is 0.0172. The summed E-state index contributed by atoms with van der Waals surface area (Å²) < 4.78 is 33.4. The predicted octanol–water partition coefficient (Wildman–Crippen LogP) is 1.68. The molecule has 1 aliphatic rings. The molecule has 8 nitrogen and oxygen atoms in total. The van der Waals surface area contributed by atoms with Crippen molar-refractivity contribution in [3.05, 3.63) is 53.6 Å². The van der Waals surface area contributed by atoms with E-state index in [9.17, 15) is 13.2 Å². The quantitative estimate of drug-likeness (QED) is 0.641. The first-order valence-corrected chi connectivity index (χ1v) is 11.8. The minimum atomic E-state index is -3.79. The van der Waals surface area contributed by atoms with Gasteiger partial charge in [0.25, 0.3) is 5.91 Å². The fraction of sp³-hybridized carbons (Fsp3) is 0.409. The number of anilines is 1. The van der Waals surface area contributed by atoms with E-state index in [-0.39, 0.29) is 22.9 Å². The molecule has 168 valence electrons. The van der Waals surface area contributed by atoms with Crippen molar-refractivity contribution in [2.75, 3.05) is 51.8 Å². The number of piperazine rings is 1. The van der Waals surface area contributed by atoms with Gasteiger partial charge in [-0.2, -0.15) is 0 Å². The van der Waals surface area contributed by atoms with Crippen LogP contribution in [0, 0.1) is 0 Å². The summed E-state index contributed by atoms with van der Waals surface area (Å²) >= 11 is 0. The van der Waals surface area contributed by atoms with E-state index in [1.807, 2.05) is 24.3 Å². The summed E-state index contributed by atoms with van der Waals surface area (Å²) in [7, 11) is -0.232. The Morgan fingerprint density at radius 3 is 2.35 bits per heavy atom. The third-order valence-electron chi connectivity index (χ3n) is 5.33. The van der Waals surface area contributed by atoms with Crippen LogP contribution in [0.2, 0.25) is 0 Å². The number of rotatable bonds is 8. The SMILES string of the molecule is CCNC(=O)c1cc(S(=O)(=O)NCc2ccc(N3CCN(C)CC3)cc2)ccc1OC. The Balaban J connectivity index is 1.68. The van der Waals surface area contributed by atoms with E-state index in [4.69, 9.17) is 4.74 Å². The van der Waals surface area contributed by atoms with Gasteiger partial charge in [-0.05, 0) is 49.9 Å². The number of nitrogens with zero attached hydrogens (tertiary/aromatic N) is 2. The molecular weight excluding hydrogens is 416 g/mol. The lowest BCUT2D eigenvalue weighted by Crippen LogP contribution is -2.44. The molecule has 1 fully saturated rings. The van der Waals surface area contributed by atoms with Crippen LogP contribution in [0.1, 0.15) is 22.8 Å². The van der Waals surface area contributed by atoms with Crippen LogP contribution >= 0.6 is 0 Å². The summed E-state index contributed by atoms with van der Waals surface area (Å²) in [5.74, 6) is -0.0553. The van der Waals surface area contributed by atoms with Crippen molar-refractivity contribution in [3.63, 3.8) is 0 Å². The van der Waals surface area contributed by atoms with Gasteiger partial charge >= 0.3 is 0 Å². The molecular formula is C22H30N4O4S. The molecule has 3 rings (SSSR count). The lowest BCUT2D eigenvalue weighted by atomic mass is 10.2. The Morgan fingerprint density at radius 2 is 1.74 bits per heavy atom. The molecule has 1 heterocycles. The molecule has 0 atom stereocenters. The first kappa shape index (κ1) is 23.1. The summed E-state index contributed by atoms with van der Waals surface area (Å²) in [6.07, 6.45) is 0. The highest BCUT2D eigenvalue weighted by molar-refractivity contribution is 7.89. The first-order valence-electron chi connectivity index (χ1n) is 10.3. The number of nitrogens with one attached hydrogen (secondary N) is 2. The zero-order chi connectivity index (χ0) is 22.4. The molecule has 0 aliphatic carbocycles. The van der Waals surface area contributed by atoms with Crippen LogP contribution in [0.4, 0.5) is 5.69 Å². The Kier molecular flexibility index (Phi) is 7.53. The molecule has 9 heteroatoms. The van der Waals surface area contributed by atoms with Crippen LogP contribution < -0.4 is 19.7 Å². The average molecular weight is 447 g/mol. The van der Waals surface area contributed by atoms with E-state index in [0.29, 0.717) is 12.3 Å². The first-order chi connectivity index (χ1) is 14.8. The van der Waals surface area contributed by atoms with Crippen molar-refractivity contribution in [1.29, 1.82) is 0 Å². The van der Waals surface area contributed by atoms with Crippen LogP contribution in [0.5, 0.6) is 5.75 Å². The van der Waals surface area contributed by atoms with Gasteiger partial charge in [0, 0.05) is 45.0 Å². The minimum Gasteiger partial charge on any atom is -0.496 e. The second-order valence-electron chi connectivity index (χ2n) is 7.50. The molecule has 1 aliphatic heterocycles. The molecule has 0 bridgehead atoms. The number of hydrogen-bond donors (Lipinski definition) is 2. The van der Waals surface area contributed by atoms with Crippen LogP contribution in [0.15, 0.2) is 47.4 Å².